The number of guanidine groups is 1. The van der Waals surface area contributed by atoms with Crippen LogP contribution >= 0.6 is 0 Å². The molecule has 0 saturated carbocycles. The summed E-state index contributed by atoms with van der Waals surface area (Å²) in [5.74, 6) is 0.258. The van der Waals surface area contributed by atoms with Gasteiger partial charge in [0.1, 0.15) is 17.4 Å². The summed E-state index contributed by atoms with van der Waals surface area (Å²) < 4.78 is 32.8. The van der Waals surface area contributed by atoms with Crippen LogP contribution in [-0.2, 0) is 11.3 Å². The highest BCUT2D eigenvalue weighted by molar-refractivity contribution is 5.90. The molecule has 0 aliphatic carbocycles. The molecule has 1 heterocycles. The summed E-state index contributed by atoms with van der Waals surface area (Å²) in [6, 6.07) is 9.07. The number of hydrogen-bond donors (Lipinski definition) is 2. The van der Waals surface area contributed by atoms with Gasteiger partial charge in [0.2, 0.25) is 5.91 Å². The summed E-state index contributed by atoms with van der Waals surface area (Å²) in [7, 11) is 3.26. The molecule has 31 heavy (non-hydrogen) atoms. The number of rotatable bonds is 5. The van der Waals surface area contributed by atoms with Gasteiger partial charge >= 0.3 is 0 Å². The number of nitrogens with zero attached hydrogens (tertiary/aromatic N) is 3. The Morgan fingerprint density at radius 1 is 1.13 bits per heavy atom. The fraction of sp³-hybridized carbons (Fsp3) is 0.364. The second kappa shape index (κ2) is 10.1. The highest BCUT2D eigenvalue weighted by atomic mass is 19.1. The van der Waals surface area contributed by atoms with Crippen molar-refractivity contribution in [3.05, 3.63) is 53.6 Å². The predicted molar refractivity (Wildman–Crippen MR) is 118 cm³/mol. The third-order valence-electron chi connectivity index (χ3n) is 5.07. The van der Waals surface area contributed by atoms with Crippen LogP contribution in [0.1, 0.15) is 12.5 Å². The maximum atomic E-state index is 14.1. The monoisotopic (exact) mass is 431 g/mol. The number of hydrogen-bond acceptors (Lipinski definition) is 4. The van der Waals surface area contributed by atoms with Crippen LogP contribution in [0.2, 0.25) is 0 Å². The van der Waals surface area contributed by atoms with Gasteiger partial charge in [-0.1, -0.05) is 6.07 Å². The molecular formula is C22H27F2N5O2. The lowest BCUT2D eigenvalue weighted by atomic mass is 10.2. The molecular weight excluding hydrogens is 404 g/mol. The number of carbonyl (C=O) groups is 1. The minimum atomic E-state index is -0.450. The summed E-state index contributed by atoms with van der Waals surface area (Å²) in [6.07, 6.45) is 0. The third kappa shape index (κ3) is 5.62. The van der Waals surface area contributed by atoms with Gasteiger partial charge in [0.15, 0.2) is 5.96 Å². The maximum Gasteiger partial charge on any atom is 0.221 e. The summed E-state index contributed by atoms with van der Waals surface area (Å²) in [4.78, 5) is 19.7. The molecule has 0 atom stereocenters. The van der Waals surface area contributed by atoms with Gasteiger partial charge < -0.3 is 25.2 Å². The van der Waals surface area contributed by atoms with Crippen LogP contribution in [0.15, 0.2) is 41.4 Å². The average Bonchev–Trinajstić information content (AvgIpc) is 2.76. The minimum Gasteiger partial charge on any atom is -0.495 e. The Morgan fingerprint density at radius 2 is 1.87 bits per heavy atom. The van der Waals surface area contributed by atoms with Crippen molar-refractivity contribution in [2.75, 3.05) is 50.6 Å². The molecule has 1 amide bonds. The van der Waals surface area contributed by atoms with Crippen LogP contribution < -0.4 is 20.3 Å². The molecule has 1 aliphatic heterocycles. The van der Waals surface area contributed by atoms with Gasteiger partial charge in [-0.05, 0) is 29.8 Å². The lowest BCUT2D eigenvalue weighted by Crippen LogP contribution is -2.52. The Balaban J connectivity index is 1.60. The van der Waals surface area contributed by atoms with Crippen molar-refractivity contribution >= 4 is 23.2 Å². The van der Waals surface area contributed by atoms with E-state index >= 15 is 0 Å². The topological polar surface area (TPSA) is 69.2 Å². The van der Waals surface area contributed by atoms with Crippen molar-refractivity contribution in [2.24, 2.45) is 4.99 Å². The molecule has 166 valence electrons. The van der Waals surface area contributed by atoms with E-state index in [2.05, 4.69) is 20.5 Å². The van der Waals surface area contributed by atoms with E-state index in [4.69, 9.17) is 4.74 Å². The molecule has 9 heteroatoms. The molecule has 0 unspecified atom stereocenters. The first kappa shape index (κ1) is 22.3. The molecule has 2 aromatic rings. The van der Waals surface area contributed by atoms with Crippen LogP contribution in [0.5, 0.6) is 5.75 Å². The fourth-order valence-electron chi connectivity index (χ4n) is 3.55. The quantitative estimate of drug-likeness (QED) is 0.563. The summed E-state index contributed by atoms with van der Waals surface area (Å²) in [5, 5.41) is 6.08. The second-order valence-corrected chi connectivity index (χ2v) is 7.19. The molecule has 1 aliphatic rings. The van der Waals surface area contributed by atoms with E-state index in [1.807, 2.05) is 17.0 Å². The SMILES string of the molecule is CN=C(NCc1ccc(OC)c(NC(C)=O)c1)N1CCN(c2cc(F)ccc2F)CC1. The smallest absolute Gasteiger partial charge is 0.221 e. The third-order valence-corrected chi connectivity index (χ3v) is 5.07. The van der Waals surface area contributed by atoms with Gasteiger partial charge in [-0.3, -0.25) is 9.79 Å². The van der Waals surface area contributed by atoms with Crippen molar-refractivity contribution in [3.63, 3.8) is 0 Å². The van der Waals surface area contributed by atoms with Gasteiger partial charge in [-0.2, -0.15) is 0 Å². The van der Waals surface area contributed by atoms with Gasteiger partial charge in [-0.15, -0.1) is 0 Å². The largest absolute Gasteiger partial charge is 0.495 e. The lowest BCUT2D eigenvalue weighted by Gasteiger charge is -2.37. The van der Waals surface area contributed by atoms with Crippen LogP contribution in [0, 0.1) is 11.6 Å². The highest BCUT2D eigenvalue weighted by Gasteiger charge is 2.22. The summed E-state index contributed by atoms with van der Waals surface area (Å²) >= 11 is 0. The molecule has 0 spiro atoms. The molecule has 0 aromatic heterocycles. The first-order chi connectivity index (χ1) is 14.9. The number of amides is 1. The maximum absolute atomic E-state index is 14.1. The number of halogens is 2. The van der Waals surface area contributed by atoms with E-state index < -0.39 is 11.6 Å². The van der Waals surface area contributed by atoms with E-state index in [9.17, 15) is 13.6 Å². The van der Waals surface area contributed by atoms with Crippen LogP contribution in [0.25, 0.3) is 0 Å². The number of methoxy groups -OCH3 is 1. The number of anilines is 2. The molecule has 1 saturated heterocycles. The van der Waals surface area contributed by atoms with Crippen LogP contribution in [0.3, 0.4) is 0 Å². The molecule has 2 N–H and O–H groups in total. The zero-order valence-electron chi connectivity index (χ0n) is 17.9. The van der Waals surface area contributed by atoms with Gasteiger partial charge in [0, 0.05) is 52.8 Å². The number of piperazine rings is 1. The highest BCUT2D eigenvalue weighted by Crippen LogP contribution is 2.25. The Bertz CT molecular complexity index is 959. The van der Waals surface area contributed by atoms with Crippen molar-refractivity contribution in [1.29, 1.82) is 0 Å². The van der Waals surface area contributed by atoms with Gasteiger partial charge in [0.25, 0.3) is 0 Å². The summed E-state index contributed by atoms with van der Waals surface area (Å²) in [5.41, 5.74) is 1.84. The first-order valence-corrected chi connectivity index (χ1v) is 10.0. The number of aliphatic imine (C=N–C) groups is 1. The Morgan fingerprint density at radius 3 is 2.52 bits per heavy atom. The molecule has 0 radical (unpaired) electrons. The van der Waals surface area contributed by atoms with E-state index in [-0.39, 0.29) is 11.6 Å². The van der Waals surface area contributed by atoms with Crippen molar-refractivity contribution in [3.8, 4) is 5.75 Å². The fourth-order valence-corrected chi connectivity index (χ4v) is 3.55. The average molecular weight is 431 g/mol. The standard InChI is InChI=1S/C22H27F2N5O2/c1-15(30)27-19-12-16(4-7-21(19)31-3)14-26-22(25-2)29-10-8-28(9-11-29)20-13-17(23)5-6-18(20)24/h4-7,12-13H,8-11,14H2,1-3H3,(H,25,26)(H,27,30). The molecule has 2 aromatic carbocycles. The zero-order valence-corrected chi connectivity index (χ0v) is 17.9. The second-order valence-electron chi connectivity index (χ2n) is 7.19. The number of ether oxygens (including phenoxy) is 1. The number of benzene rings is 2. The van der Waals surface area contributed by atoms with E-state index in [1.165, 1.54) is 13.0 Å². The molecule has 1 fully saturated rings. The van der Waals surface area contributed by atoms with Crippen molar-refractivity contribution in [2.45, 2.75) is 13.5 Å². The van der Waals surface area contributed by atoms with Gasteiger partial charge in [0.05, 0.1) is 18.5 Å². The van der Waals surface area contributed by atoms with Crippen molar-refractivity contribution < 1.29 is 18.3 Å². The minimum absolute atomic E-state index is 0.174. The van der Waals surface area contributed by atoms with Crippen LogP contribution in [0.4, 0.5) is 20.2 Å². The Labute approximate surface area is 180 Å². The Hall–Kier alpha value is -3.36. The van der Waals surface area contributed by atoms with E-state index in [1.54, 1.807) is 20.2 Å². The first-order valence-electron chi connectivity index (χ1n) is 10.0. The predicted octanol–water partition coefficient (Wildman–Crippen LogP) is 2.83. The van der Waals surface area contributed by atoms with Crippen LogP contribution in [-0.4, -0.2) is 57.1 Å². The molecule has 0 bridgehead atoms. The zero-order chi connectivity index (χ0) is 22.4. The lowest BCUT2D eigenvalue weighted by molar-refractivity contribution is -0.114. The van der Waals surface area contributed by atoms with E-state index in [0.29, 0.717) is 44.2 Å². The summed E-state index contributed by atoms with van der Waals surface area (Å²) in [6.45, 7) is 4.29. The Kier molecular flexibility index (Phi) is 7.28. The molecule has 3 rings (SSSR count). The van der Waals surface area contributed by atoms with Crippen molar-refractivity contribution in [1.82, 2.24) is 10.2 Å². The van der Waals surface area contributed by atoms with E-state index in [0.717, 1.165) is 23.7 Å². The molecule has 7 nitrogen and oxygen atoms in total. The number of nitrogens with one attached hydrogen (secondary N) is 2. The normalized spacial score (nSPS) is 14.4. The number of carbonyl (C=O) groups excluding carboxylic acids is 1. The van der Waals surface area contributed by atoms with Gasteiger partial charge in [-0.25, -0.2) is 8.78 Å².